The first-order valence-electron chi connectivity index (χ1n) is 6.88. The first-order valence-corrected chi connectivity index (χ1v) is 7.26. The van der Waals surface area contributed by atoms with Crippen molar-refractivity contribution in [3.05, 3.63) is 23.0 Å². The van der Waals surface area contributed by atoms with Crippen LogP contribution in [0.1, 0.15) is 32.4 Å². The maximum absolute atomic E-state index is 11.9. The molecule has 2 rings (SSSR count). The molecule has 0 atom stereocenters. The van der Waals surface area contributed by atoms with Gasteiger partial charge in [-0.1, -0.05) is 25.4 Å². The number of allylic oxidation sites excluding steroid dienone is 2. The third-order valence-corrected chi connectivity index (χ3v) is 3.79. The van der Waals surface area contributed by atoms with Crippen LogP contribution in [0.3, 0.4) is 0 Å². The number of carbonyl (C=O) groups is 1. The predicted octanol–water partition coefficient (Wildman–Crippen LogP) is 2.87. The highest BCUT2D eigenvalue weighted by Gasteiger charge is 2.30. The molecule has 0 aromatic carbocycles. The fourth-order valence-corrected chi connectivity index (χ4v) is 2.91. The van der Waals surface area contributed by atoms with E-state index in [-0.39, 0.29) is 11.2 Å². The fourth-order valence-electron chi connectivity index (χ4n) is 2.64. The van der Waals surface area contributed by atoms with E-state index in [1.54, 1.807) is 12.3 Å². The zero-order valence-electron chi connectivity index (χ0n) is 12.6. The summed E-state index contributed by atoms with van der Waals surface area (Å²) in [5.74, 6) is 0.174. The van der Waals surface area contributed by atoms with Gasteiger partial charge in [-0.25, -0.2) is 0 Å². The van der Waals surface area contributed by atoms with Gasteiger partial charge in [-0.3, -0.25) is 9.48 Å². The van der Waals surface area contributed by atoms with Crippen molar-refractivity contribution in [1.82, 2.24) is 14.7 Å². The molecule has 1 aliphatic rings. The number of rotatable bonds is 4. The summed E-state index contributed by atoms with van der Waals surface area (Å²) in [4.78, 5) is 14.0. The maximum atomic E-state index is 11.9. The van der Waals surface area contributed by atoms with Gasteiger partial charge in [0.2, 0.25) is 0 Å². The molecule has 0 amide bonds. The van der Waals surface area contributed by atoms with Crippen LogP contribution in [-0.2, 0) is 11.3 Å². The monoisotopic (exact) mass is 295 g/mol. The van der Waals surface area contributed by atoms with Gasteiger partial charge in [0.05, 0.1) is 23.5 Å². The largest absolute Gasteiger partial charge is 0.308 e. The Bertz CT molecular complexity index is 543. The number of halogens is 1. The van der Waals surface area contributed by atoms with Crippen molar-refractivity contribution < 1.29 is 4.79 Å². The zero-order valence-corrected chi connectivity index (χ0v) is 13.4. The van der Waals surface area contributed by atoms with Crippen molar-refractivity contribution in [1.29, 1.82) is 0 Å². The molecule has 1 heterocycles. The van der Waals surface area contributed by atoms with Gasteiger partial charge in [-0.15, -0.1) is 0 Å². The number of ketones is 1. The molecule has 0 bridgehead atoms. The second-order valence-corrected chi connectivity index (χ2v) is 6.93. The Morgan fingerprint density at radius 2 is 2.10 bits per heavy atom. The minimum atomic E-state index is -0.0128. The Morgan fingerprint density at radius 1 is 1.40 bits per heavy atom. The predicted molar refractivity (Wildman–Crippen MR) is 81.8 cm³/mol. The van der Waals surface area contributed by atoms with Crippen molar-refractivity contribution in [3.8, 4) is 0 Å². The molecule has 0 radical (unpaired) electrons. The lowest BCUT2D eigenvalue weighted by atomic mass is 9.76. The molecule has 1 aromatic heterocycles. The third-order valence-electron chi connectivity index (χ3n) is 3.51. The SMILES string of the molecule is CN(C)CCn1ncc(Cl)c1C1=CC(=O)CC(C)(C)C1. The Morgan fingerprint density at radius 3 is 2.70 bits per heavy atom. The quantitative estimate of drug-likeness (QED) is 0.857. The van der Waals surface area contributed by atoms with Crippen molar-refractivity contribution in [2.24, 2.45) is 5.41 Å². The Labute approximate surface area is 125 Å². The van der Waals surface area contributed by atoms with Crippen LogP contribution in [-0.4, -0.2) is 41.1 Å². The first-order chi connectivity index (χ1) is 9.28. The highest BCUT2D eigenvalue weighted by atomic mass is 35.5. The smallest absolute Gasteiger partial charge is 0.156 e. The van der Waals surface area contributed by atoms with E-state index in [0.29, 0.717) is 11.4 Å². The highest BCUT2D eigenvalue weighted by Crippen LogP contribution is 2.39. The van der Waals surface area contributed by atoms with Crippen molar-refractivity contribution in [2.45, 2.75) is 33.2 Å². The number of nitrogens with zero attached hydrogens (tertiary/aromatic N) is 3. The third kappa shape index (κ3) is 3.49. The van der Waals surface area contributed by atoms with Crippen LogP contribution in [0.5, 0.6) is 0 Å². The second-order valence-electron chi connectivity index (χ2n) is 6.52. The van der Waals surface area contributed by atoms with Crippen LogP contribution >= 0.6 is 11.6 Å². The van der Waals surface area contributed by atoms with Crippen molar-refractivity contribution in [3.63, 3.8) is 0 Å². The van der Waals surface area contributed by atoms with Crippen LogP contribution in [0.4, 0.5) is 0 Å². The van der Waals surface area contributed by atoms with Gasteiger partial charge < -0.3 is 4.90 Å². The molecule has 0 aliphatic heterocycles. The molecule has 0 spiro atoms. The van der Waals surface area contributed by atoms with E-state index in [1.165, 1.54) is 0 Å². The highest BCUT2D eigenvalue weighted by molar-refractivity contribution is 6.32. The minimum absolute atomic E-state index is 0.0128. The topological polar surface area (TPSA) is 38.1 Å². The molecular weight excluding hydrogens is 274 g/mol. The molecule has 4 nitrogen and oxygen atoms in total. The second kappa shape index (κ2) is 5.70. The summed E-state index contributed by atoms with van der Waals surface area (Å²) >= 11 is 6.29. The van der Waals surface area contributed by atoms with E-state index in [9.17, 15) is 4.79 Å². The summed E-state index contributed by atoms with van der Waals surface area (Å²) in [6, 6.07) is 0. The van der Waals surface area contributed by atoms with Crippen molar-refractivity contribution >= 4 is 23.0 Å². The molecule has 0 saturated carbocycles. The van der Waals surface area contributed by atoms with Crippen LogP contribution in [0, 0.1) is 5.41 Å². The van der Waals surface area contributed by atoms with E-state index in [0.717, 1.165) is 30.8 Å². The van der Waals surface area contributed by atoms with Crippen LogP contribution < -0.4 is 0 Å². The van der Waals surface area contributed by atoms with E-state index in [2.05, 4.69) is 23.8 Å². The van der Waals surface area contributed by atoms with E-state index < -0.39 is 0 Å². The summed E-state index contributed by atoms with van der Waals surface area (Å²) in [5.41, 5.74) is 1.89. The lowest BCUT2D eigenvalue weighted by molar-refractivity contribution is -0.116. The minimum Gasteiger partial charge on any atom is -0.308 e. The molecule has 110 valence electrons. The van der Waals surface area contributed by atoms with E-state index >= 15 is 0 Å². The summed E-state index contributed by atoms with van der Waals surface area (Å²) < 4.78 is 1.91. The standard InChI is InChI=1S/C15H22ClN3O/c1-15(2)8-11(7-12(20)9-15)14-13(16)10-17-19(14)6-5-18(3)4/h7,10H,5-6,8-9H2,1-4H3. The fraction of sp³-hybridized carbons (Fsp3) is 0.600. The Hall–Kier alpha value is -1.13. The number of carbonyl (C=O) groups excluding carboxylic acids is 1. The number of likely N-dealkylation sites (N-methyl/N-ethyl adjacent to an activating group) is 1. The molecule has 0 unspecified atom stereocenters. The maximum Gasteiger partial charge on any atom is 0.156 e. The lowest BCUT2D eigenvalue weighted by Gasteiger charge is -2.29. The van der Waals surface area contributed by atoms with Crippen LogP contribution in [0.2, 0.25) is 5.02 Å². The van der Waals surface area contributed by atoms with Gasteiger partial charge in [0.15, 0.2) is 5.78 Å². The molecular formula is C15H22ClN3O. The number of hydrogen-bond donors (Lipinski definition) is 0. The van der Waals surface area contributed by atoms with Gasteiger partial charge in [-0.2, -0.15) is 5.10 Å². The number of hydrogen-bond acceptors (Lipinski definition) is 3. The molecule has 0 fully saturated rings. The van der Waals surface area contributed by atoms with Gasteiger partial charge in [0, 0.05) is 13.0 Å². The first kappa shape index (κ1) is 15.3. The molecule has 1 aromatic rings. The average Bonchev–Trinajstić information content (AvgIpc) is 2.65. The van der Waals surface area contributed by atoms with Gasteiger partial charge in [-0.05, 0) is 37.6 Å². The summed E-state index contributed by atoms with van der Waals surface area (Å²) in [7, 11) is 4.05. The molecule has 0 saturated heterocycles. The van der Waals surface area contributed by atoms with E-state index in [4.69, 9.17) is 11.6 Å². The van der Waals surface area contributed by atoms with Gasteiger partial charge >= 0.3 is 0 Å². The molecule has 1 aliphatic carbocycles. The molecule has 5 heteroatoms. The Balaban J connectivity index is 2.32. The van der Waals surface area contributed by atoms with Crippen molar-refractivity contribution in [2.75, 3.05) is 20.6 Å². The van der Waals surface area contributed by atoms with Gasteiger partial charge in [0.1, 0.15) is 0 Å². The zero-order chi connectivity index (χ0) is 14.9. The molecule has 0 N–H and O–H groups in total. The normalized spacial score (nSPS) is 18.5. The Kier molecular flexibility index (Phi) is 4.35. The average molecular weight is 296 g/mol. The van der Waals surface area contributed by atoms with Crippen LogP contribution in [0.25, 0.3) is 5.57 Å². The summed E-state index contributed by atoms with van der Waals surface area (Å²) in [6.45, 7) is 5.88. The van der Waals surface area contributed by atoms with E-state index in [1.807, 2.05) is 18.8 Å². The van der Waals surface area contributed by atoms with Crippen LogP contribution in [0.15, 0.2) is 12.3 Å². The lowest BCUT2D eigenvalue weighted by Crippen LogP contribution is -2.24. The number of aromatic nitrogens is 2. The summed E-state index contributed by atoms with van der Waals surface area (Å²) in [5, 5.41) is 4.97. The summed E-state index contributed by atoms with van der Waals surface area (Å²) in [6.07, 6.45) is 4.85. The van der Waals surface area contributed by atoms with Gasteiger partial charge in [0.25, 0.3) is 0 Å². The molecule has 20 heavy (non-hydrogen) atoms.